The predicted molar refractivity (Wildman–Crippen MR) is 102 cm³/mol. The van der Waals surface area contributed by atoms with Crippen molar-refractivity contribution in [3.63, 3.8) is 0 Å². The number of hydrogen-bond acceptors (Lipinski definition) is 5. The number of carbonyl (C=O) groups is 2. The van der Waals surface area contributed by atoms with Gasteiger partial charge in [-0.25, -0.2) is 22.3 Å². The van der Waals surface area contributed by atoms with E-state index >= 15 is 0 Å². The average Bonchev–Trinajstić information content (AvgIpc) is 2.67. The van der Waals surface area contributed by atoms with Gasteiger partial charge in [-0.3, -0.25) is 4.79 Å². The number of hydrogen-bond donors (Lipinski definition) is 2. The van der Waals surface area contributed by atoms with Crippen molar-refractivity contribution >= 4 is 27.6 Å². The van der Waals surface area contributed by atoms with Gasteiger partial charge in [0.2, 0.25) is 10.0 Å². The van der Waals surface area contributed by atoms with Crippen molar-refractivity contribution in [3.8, 4) is 0 Å². The molecule has 0 saturated heterocycles. The molecule has 2 N–H and O–H groups in total. The van der Waals surface area contributed by atoms with E-state index in [4.69, 9.17) is 4.74 Å². The molecule has 0 spiro atoms. The Morgan fingerprint density at radius 2 is 1.68 bits per heavy atom. The molecule has 0 radical (unpaired) electrons. The Morgan fingerprint density at radius 1 is 1.07 bits per heavy atom. The molecule has 150 valence electrons. The molecule has 2 rings (SSSR count). The quantitative estimate of drug-likeness (QED) is 0.654. The third kappa shape index (κ3) is 6.14. The minimum atomic E-state index is -3.67. The highest BCUT2D eigenvalue weighted by Gasteiger charge is 2.17. The Labute approximate surface area is 163 Å². The molecule has 7 nitrogen and oxygen atoms in total. The summed E-state index contributed by atoms with van der Waals surface area (Å²) in [5.41, 5.74) is 0.475. The monoisotopic (exact) mass is 408 g/mol. The highest BCUT2D eigenvalue weighted by molar-refractivity contribution is 7.89. The fourth-order valence-corrected chi connectivity index (χ4v) is 3.46. The SMILES string of the molecule is CC[C@@H](C)NS(=O)(=O)c1ccc(C(=O)OCC(=O)Nc2ccc(F)cc2)cc1. The summed E-state index contributed by atoms with van der Waals surface area (Å²) in [6.07, 6.45) is 0.642. The standard InChI is InChI=1S/C19H21FN2O5S/c1-3-13(2)22-28(25,26)17-10-4-14(5-11-17)19(24)27-12-18(23)21-16-8-6-15(20)7-9-16/h4-11,13,22H,3,12H2,1-2H3,(H,21,23)/t13-/m1/s1. The van der Waals surface area contributed by atoms with Gasteiger partial charge in [-0.05, 0) is 61.9 Å². The molecule has 0 fully saturated rings. The summed E-state index contributed by atoms with van der Waals surface area (Å²) in [6, 6.07) is 10.1. The number of anilines is 1. The van der Waals surface area contributed by atoms with Crippen molar-refractivity contribution in [3.05, 3.63) is 59.9 Å². The first-order valence-electron chi connectivity index (χ1n) is 8.56. The molecule has 0 saturated carbocycles. The fourth-order valence-electron chi connectivity index (χ4n) is 2.13. The van der Waals surface area contributed by atoms with Crippen LogP contribution in [-0.2, 0) is 19.6 Å². The van der Waals surface area contributed by atoms with E-state index < -0.39 is 34.3 Å². The fraction of sp³-hybridized carbons (Fsp3) is 0.263. The first kappa shape index (κ1) is 21.5. The number of ether oxygens (including phenoxy) is 1. The van der Waals surface area contributed by atoms with E-state index in [0.717, 1.165) is 0 Å². The number of rotatable bonds is 8. The summed E-state index contributed by atoms with van der Waals surface area (Å²) < 4.78 is 44.6. The zero-order chi connectivity index (χ0) is 20.7. The van der Waals surface area contributed by atoms with Crippen molar-refractivity contribution in [2.45, 2.75) is 31.2 Å². The van der Waals surface area contributed by atoms with Crippen molar-refractivity contribution < 1.29 is 27.1 Å². The van der Waals surface area contributed by atoms with Crippen LogP contribution >= 0.6 is 0 Å². The summed E-state index contributed by atoms with van der Waals surface area (Å²) in [5.74, 6) is -1.79. The molecule has 1 atom stereocenters. The summed E-state index contributed by atoms with van der Waals surface area (Å²) in [4.78, 5) is 23.8. The smallest absolute Gasteiger partial charge is 0.338 e. The Balaban J connectivity index is 1.92. The second-order valence-corrected chi connectivity index (χ2v) is 7.80. The second kappa shape index (κ2) is 9.43. The van der Waals surface area contributed by atoms with E-state index in [-0.39, 0.29) is 16.5 Å². The summed E-state index contributed by atoms with van der Waals surface area (Å²) >= 11 is 0. The van der Waals surface area contributed by atoms with Gasteiger partial charge in [0.05, 0.1) is 10.5 Å². The predicted octanol–water partition coefficient (Wildman–Crippen LogP) is 2.70. The second-order valence-electron chi connectivity index (χ2n) is 6.09. The maximum Gasteiger partial charge on any atom is 0.338 e. The van der Waals surface area contributed by atoms with Crippen molar-refractivity contribution in [1.82, 2.24) is 4.72 Å². The Hall–Kier alpha value is -2.78. The van der Waals surface area contributed by atoms with E-state index in [1.807, 2.05) is 6.92 Å². The topological polar surface area (TPSA) is 102 Å². The van der Waals surface area contributed by atoms with Gasteiger partial charge >= 0.3 is 5.97 Å². The molecular formula is C19H21FN2O5S. The lowest BCUT2D eigenvalue weighted by atomic mass is 10.2. The van der Waals surface area contributed by atoms with Gasteiger partial charge in [0.25, 0.3) is 5.91 Å². The van der Waals surface area contributed by atoms with Crippen LogP contribution in [-0.4, -0.2) is 32.9 Å². The molecule has 0 aliphatic carbocycles. The largest absolute Gasteiger partial charge is 0.452 e. The molecule has 0 aromatic heterocycles. The number of sulfonamides is 1. The zero-order valence-corrected chi connectivity index (χ0v) is 16.3. The average molecular weight is 408 g/mol. The van der Waals surface area contributed by atoms with Gasteiger partial charge in [-0.2, -0.15) is 0 Å². The Bertz CT molecular complexity index is 928. The van der Waals surface area contributed by atoms with Crippen LogP contribution < -0.4 is 10.0 Å². The molecule has 2 aromatic carbocycles. The van der Waals surface area contributed by atoms with E-state index in [2.05, 4.69) is 10.0 Å². The van der Waals surface area contributed by atoms with Crippen LogP contribution in [0.3, 0.4) is 0 Å². The molecule has 0 bridgehead atoms. The first-order chi connectivity index (χ1) is 13.2. The van der Waals surface area contributed by atoms with E-state index in [9.17, 15) is 22.4 Å². The Kier molecular flexibility index (Phi) is 7.24. The van der Waals surface area contributed by atoms with Crippen LogP contribution in [0.15, 0.2) is 53.4 Å². The normalized spacial score (nSPS) is 12.2. The zero-order valence-electron chi connectivity index (χ0n) is 15.4. The Morgan fingerprint density at radius 3 is 2.25 bits per heavy atom. The van der Waals surface area contributed by atoms with Crippen molar-refractivity contribution in [2.24, 2.45) is 0 Å². The van der Waals surface area contributed by atoms with Crippen LogP contribution in [0.2, 0.25) is 0 Å². The van der Waals surface area contributed by atoms with Gasteiger partial charge in [0, 0.05) is 11.7 Å². The number of halogens is 1. The van der Waals surface area contributed by atoms with Crippen LogP contribution in [0.4, 0.5) is 10.1 Å². The van der Waals surface area contributed by atoms with Crippen LogP contribution in [0.5, 0.6) is 0 Å². The molecular weight excluding hydrogens is 387 g/mol. The van der Waals surface area contributed by atoms with Gasteiger partial charge in [0.15, 0.2) is 6.61 Å². The van der Waals surface area contributed by atoms with Crippen molar-refractivity contribution in [2.75, 3.05) is 11.9 Å². The van der Waals surface area contributed by atoms with Crippen molar-refractivity contribution in [1.29, 1.82) is 0 Å². The van der Waals surface area contributed by atoms with Crippen LogP contribution in [0.1, 0.15) is 30.6 Å². The molecule has 0 heterocycles. The third-order valence-electron chi connectivity index (χ3n) is 3.83. The van der Waals surface area contributed by atoms with Gasteiger partial charge in [-0.15, -0.1) is 0 Å². The lowest BCUT2D eigenvalue weighted by Crippen LogP contribution is -2.32. The number of carbonyl (C=O) groups excluding carboxylic acids is 2. The van der Waals surface area contributed by atoms with E-state index in [1.165, 1.54) is 48.5 Å². The third-order valence-corrected chi connectivity index (χ3v) is 5.44. The molecule has 0 aliphatic heterocycles. The van der Waals surface area contributed by atoms with Crippen LogP contribution in [0, 0.1) is 5.82 Å². The highest BCUT2D eigenvalue weighted by Crippen LogP contribution is 2.13. The molecule has 2 aromatic rings. The number of benzene rings is 2. The summed E-state index contributed by atoms with van der Waals surface area (Å²) in [7, 11) is -3.67. The highest BCUT2D eigenvalue weighted by atomic mass is 32.2. The number of esters is 1. The number of nitrogens with one attached hydrogen (secondary N) is 2. The molecule has 1 amide bonds. The maximum absolute atomic E-state index is 12.8. The summed E-state index contributed by atoms with van der Waals surface area (Å²) in [6.45, 7) is 3.07. The molecule has 9 heteroatoms. The summed E-state index contributed by atoms with van der Waals surface area (Å²) in [5, 5.41) is 2.46. The van der Waals surface area contributed by atoms with E-state index in [0.29, 0.717) is 12.1 Å². The maximum atomic E-state index is 12.8. The lowest BCUT2D eigenvalue weighted by molar-refractivity contribution is -0.119. The molecule has 28 heavy (non-hydrogen) atoms. The molecule has 0 aliphatic rings. The number of amides is 1. The van der Waals surface area contributed by atoms with Gasteiger partial charge in [0.1, 0.15) is 5.82 Å². The molecule has 0 unspecified atom stereocenters. The minimum Gasteiger partial charge on any atom is -0.452 e. The van der Waals surface area contributed by atoms with Crippen LogP contribution in [0.25, 0.3) is 0 Å². The van der Waals surface area contributed by atoms with E-state index in [1.54, 1.807) is 6.92 Å². The minimum absolute atomic E-state index is 0.0263. The lowest BCUT2D eigenvalue weighted by Gasteiger charge is -2.12. The van der Waals surface area contributed by atoms with Gasteiger partial charge in [-0.1, -0.05) is 6.92 Å². The van der Waals surface area contributed by atoms with Gasteiger partial charge < -0.3 is 10.1 Å². The first-order valence-corrected chi connectivity index (χ1v) is 10.0.